The number of hydrogen-bond donors (Lipinski definition) is 2. The minimum atomic E-state index is -0.276. The smallest absolute Gasteiger partial charge is 0.410 e. The van der Waals surface area contributed by atoms with Crippen molar-refractivity contribution in [3.63, 3.8) is 0 Å². The first-order valence-electron chi connectivity index (χ1n) is 9.79. The standard InChI is InChI=1S/C20H29N3O4/c1-15-4-2-3-5-18(15)26-12-10-21-19(24)22-17-8-6-16(7-9-17)14-23-11-13-27-20(23)25/h6-9,15,18H,2-5,10-14H2,1H3,(H2,21,22,24)/t15-,18-/m0/s1. The molecule has 1 aliphatic carbocycles. The minimum Gasteiger partial charge on any atom is -0.448 e. The highest BCUT2D eigenvalue weighted by Crippen LogP contribution is 2.26. The molecule has 27 heavy (non-hydrogen) atoms. The van der Waals surface area contributed by atoms with Crippen molar-refractivity contribution in [2.75, 3.05) is 31.6 Å². The molecule has 148 valence electrons. The van der Waals surface area contributed by atoms with Gasteiger partial charge < -0.3 is 25.0 Å². The summed E-state index contributed by atoms with van der Waals surface area (Å²) < 4.78 is 10.8. The molecule has 1 saturated carbocycles. The highest BCUT2D eigenvalue weighted by molar-refractivity contribution is 5.89. The van der Waals surface area contributed by atoms with Crippen LogP contribution in [0.25, 0.3) is 0 Å². The molecule has 2 N–H and O–H groups in total. The maximum atomic E-state index is 12.0. The Morgan fingerprint density at radius 1 is 1.26 bits per heavy atom. The van der Waals surface area contributed by atoms with Crippen molar-refractivity contribution in [1.82, 2.24) is 10.2 Å². The number of cyclic esters (lactones) is 1. The van der Waals surface area contributed by atoms with Crippen LogP contribution in [-0.4, -0.2) is 49.4 Å². The van der Waals surface area contributed by atoms with Crippen molar-refractivity contribution in [3.05, 3.63) is 29.8 Å². The molecule has 3 rings (SSSR count). The van der Waals surface area contributed by atoms with E-state index >= 15 is 0 Å². The van der Waals surface area contributed by atoms with Crippen molar-refractivity contribution < 1.29 is 19.1 Å². The van der Waals surface area contributed by atoms with Gasteiger partial charge in [0.1, 0.15) is 6.61 Å². The van der Waals surface area contributed by atoms with Crippen LogP contribution < -0.4 is 10.6 Å². The lowest BCUT2D eigenvalue weighted by Crippen LogP contribution is -2.34. The van der Waals surface area contributed by atoms with Crippen LogP contribution in [0, 0.1) is 5.92 Å². The summed E-state index contributed by atoms with van der Waals surface area (Å²) in [5.74, 6) is 0.605. The minimum absolute atomic E-state index is 0.244. The van der Waals surface area contributed by atoms with Gasteiger partial charge in [-0.3, -0.25) is 0 Å². The summed E-state index contributed by atoms with van der Waals surface area (Å²) in [7, 11) is 0. The van der Waals surface area contributed by atoms with E-state index in [1.165, 1.54) is 19.3 Å². The van der Waals surface area contributed by atoms with Crippen LogP contribution in [-0.2, 0) is 16.0 Å². The zero-order valence-corrected chi connectivity index (χ0v) is 15.9. The Bertz CT molecular complexity index is 635. The maximum Gasteiger partial charge on any atom is 0.410 e. The number of anilines is 1. The lowest BCUT2D eigenvalue weighted by atomic mass is 9.88. The van der Waals surface area contributed by atoms with Gasteiger partial charge in [0.05, 0.1) is 19.3 Å². The van der Waals surface area contributed by atoms with Crippen LogP contribution in [0.2, 0.25) is 0 Å². The van der Waals surface area contributed by atoms with Crippen LogP contribution in [0.1, 0.15) is 38.2 Å². The molecule has 1 aromatic carbocycles. The number of hydrogen-bond acceptors (Lipinski definition) is 4. The predicted molar refractivity (Wildman–Crippen MR) is 103 cm³/mol. The summed E-state index contributed by atoms with van der Waals surface area (Å²) in [4.78, 5) is 25.1. The summed E-state index contributed by atoms with van der Waals surface area (Å²) in [5, 5.41) is 5.63. The Hall–Kier alpha value is -2.28. The lowest BCUT2D eigenvalue weighted by molar-refractivity contribution is -0.00232. The second-order valence-corrected chi connectivity index (χ2v) is 7.28. The summed E-state index contributed by atoms with van der Waals surface area (Å²) in [6, 6.07) is 7.21. The van der Waals surface area contributed by atoms with Gasteiger partial charge in [0.25, 0.3) is 0 Å². The predicted octanol–water partition coefficient (Wildman–Crippen LogP) is 3.36. The van der Waals surface area contributed by atoms with Crippen molar-refractivity contribution in [2.24, 2.45) is 5.92 Å². The molecular weight excluding hydrogens is 346 g/mol. The van der Waals surface area contributed by atoms with Gasteiger partial charge >= 0.3 is 12.1 Å². The second kappa shape index (κ2) is 9.60. The molecule has 2 fully saturated rings. The van der Waals surface area contributed by atoms with E-state index in [0.717, 1.165) is 12.0 Å². The fraction of sp³-hybridized carbons (Fsp3) is 0.600. The summed E-state index contributed by atoms with van der Waals surface area (Å²) in [6.07, 6.45) is 4.92. The number of amides is 3. The Morgan fingerprint density at radius 3 is 2.74 bits per heavy atom. The van der Waals surface area contributed by atoms with Crippen molar-refractivity contribution in [3.8, 4) is 0 Å². The third kappa shape index (κ3) is 5.85. The second-order valence-electron chi connectivity index (χ2n) is 7.28. The number of nitrogens with one attached hydrogen (secondary N) is 2. The Balaban J connectivity index is 1.34. The molecule has 2 aliphatic rings. The molecule has 1 saturated heterocycles. The van der Waals surface area contributed by atoms with Gasteiger partial charge in [-0.1, -0.05) is 31.9 Å². The van der Waals surface area contributed by atoms with E-state index in [1.807, 2.05) is 24.3 Å². The van der Waals surface area contributed by atoms with E-state index in [9.17, 15) is 9.59 Å². The topological polar surface area (TPSA) is 79.9 Å². The van der Waals surface area contributed by atoms with Gasteiger partial charge in [0, 0.05) is 18.8 Å². The molecule has 7 heteroatoms. The zero-order valence-electron chi connectivity index (χ0n) is 15.9. The molecule has 1 aliphatic heterocycles. The maximum absolute atomic E-state index is 12.0. The fourth-order valence-corrected chi connectivity index (χ4v) is 3.56. The highest BCUT2D eigenvalue weighted by Gasteiger charge is 2.22. The number of carbonyl (C=O) groups is 2. The normalized spacial score (nSPS) is 22.4. The number of rotatable bonds is 7. The van der Waals surface area contributed by atoms with Gasteiger partial charge in [-0.2, -0.15) is 0 Å². The Labute approximate surface area is 160 Å². The van der Waals surface area contributed by atoms with E-state index in [-0.39, 0.29) is 12.1 Å². The molecule has 2 atom stereocenters. The number of benzene rings is 1. The summed E-state index contributed by atoms with van der Waals surface area (Å²) in [6.45, 7) is 4.84. The molecule has 0 bridgehead atoms. The monoisotopic (exact) mass is 375 g/mol. The average Bonchev–Trinajstić information content (AvgIpc) is 3.06. The molecule has 0 aromatic heterocycles. The van der Waals surface area contributed by atoms with Crippen LogP contribution in [0.4, 0.5) is 15.3 Å². The van der Waals surface area contributed by atoms with E-state index < -0.39 is 0 Å². The largest absolute Gasteiger partial charge is 0.448 e. The Kier molecular flexibility index (Phi) is 6.92. The molecule has 0 spiro atoms. The molecule has 3 amide bonds. The molecule has 1 aromatic rings. The van der Waals surface area contributed by atoms with Gasteiger partial charge in [0.15, 0.2) is 0 Å². The fourth-order valence-electron chi connectivity index (χ4n) is 3.56. The third-order valence-corrected chi connectivity index (χ3v) is 5.18. The molecule has 7 nitrogen and oxygen atoms in total. The molecule has 1 heterocycles. The summed E-state index contributed by atoms with van der Waals surface area (Å²) >= 11 is 0. The van der Waals surface area contributed by atoms with E-state index in [0.29, 0.717) is 50.6 Å². The number of urea groups is 1. The SMILES string of the molecule is C[C@H]1CCCC[C@@H]1OCCNC(=O)Nc1ccc(CN2CCOC2=O)cc1. The zero-order chi connectivity index (χ0) is 19.1. The van der Waals surface area contributed by atoms with Crippen LogP contribution in [0.15, 0.2) is 24.3 Å². The molecule has 0 radical (unpaired) electrons. The van der Waals surface area contributed by atoms with Crippen LogP contribution in [0.5, 0.6) is 0 Å². The number of ether oxygens (including phenoxy) is 2. The number of carbonyl (C=O) groups excluding carboxylic acids is 2. The Morgan fingerprint density at radius 2 is 2.04 bits per heavy atom. The third-order valence-electron chi connectivity index (χ3n) is 5.18. The van der Waals surface area contributed by atoms with Gasteiger partial charge in [0.2, 0.25) is 0 Å². The first kappa shape index (κ1) is 19.5. The van der Waals surface area contributed by atoms with Crippen LogP contribution in [0.3, 0.4) is 0 Å². The van der Waals surface area contributed by atoms with Gasteiger partial charge in [-0.05, 0) is 36.5 Å². The first-order valence-corrected chi connectivity index (χ1v) is 9.79. The average molecular weight is 375 g/mol. The summed E-state index contributed by atoms with van der Waals surface area (Å²) in [5.41, 5.74) is 1.71. The van der Waals surface area contributed by atoms with Crippen LogP contribution >= 0.6 is 0 Å². The van der Waals surface area contributed by atoms with Gasteiger partial charge in [-0.15, -0.1) is 0 Å². The van der Waals surface area contributed by atoms with E-state index in [4.69, 9.17) is 9.47 Å². The lowest BCUT2D eigenvalue weighted by Gasteiger charge is -2.28. The molecular formula is C20H29N3O4. The number of nitrogens with zero attached hydrogens (tertiary/aromatic N) is 1. The van der Waals surface area contributed by atoms with E-state index in [2.05, 4.69) is 17.6 Å². The van der Waals surface area contributed by atoms with Gasteiger partial charge in [-0.25, -0.2) is 9.59 Å². The highest BCUT2D eigenvalue weighted by atomic mass is 16.6. The quantitative estimate of drug-likeness (QED) is 0.716. The molecule has 0 unspecified atom stereocenters. The van der Waals surface area contributed by atoms with E-state index in [1.54, 1.807) is 4.90 Å². The first-order chi connectivity index (χ1) is 13.1. The van der Waals surface area contributed by atoms with Crippen molar-refractivity contribution in [1.29, 1.82) is 0 Å². The van der Waals surface area contributed by atoms with Crippen molar-refractivity contribution in [2.45, 2.75) is 45.3 Å². The van der Waals surface area contributed by atoms with Crippen molar-refractivity contribution >= 4 is 17.8 Å².